The van der Waals surface area contributed by atoms with Crippen LogP contribution >= 0.6 is 11.6 Å². The van der Waals surface area contributed by atoms with E-state index < -0.39 is 0 Å². The number of nitrogens with one attached hydrogen (secondary N) is 1. The standard InChI is InChI=1S/C12H10ClFN2/c13-8-4-6-9(7-5-8)16-12-10(14)2-1-3-11(12)15/h1-7,16H,15H2. The molecule has 82 valence electrons. The van der Waals surface area contributed by atoms with Gasteiger partial charge in [0.1, 0.15) is 5.82 Å². The van der Waals surface area contributed by atoms with Crippen LogP contribution in [0.2, 0.25) is 5.02 Å². The molecule has 0 bridgehead atoms. The lowest BCUT2D eigenvalue weighted by Gasteiger charge is -2.10. The molecule has 3 N–H and O–H groups in total. The van der Waals surface area contributed by atoms with Crippen molar-refractivity contribution in [2.75, 3.05) is 11.1 Å². The van der Waals surface area contributed by atoms with Gasteiger partial charge >= 0.3 is 0 Å². The third kappa shape index (κ3) is 2.25. The summed E-state index contributed by atoms with van der Waals surface area (Å²) < 4.78 is 13.4. The van der Waals surface area contributed by atoms with Crippen LogP contribution in [0.1, 0.15) is 0 Å². The Morgan fingerprint density at radius 1 is 1.06 bits per heavy atom. The van der Waals surface area contributed by atoms with E-state index in [0.717, 1.165) is 5.69 Å². The largest absolute Gasteiger partial charge is 0.397 e. The molecule has 0 heterocycles. The van der Waals surface area contributed by atoms with E-state index in [1.54, 1.807) is 36.4 Å². The summed E-state index contributed by atoms with van der Waals surface area (Å²) in [6.07, 6.45) is 0. The third-order valence-electron chi connectivity index (χ3n) is 2.16. The SMILES string of the molecule is Nc1cccc(F)c1Nc1ccc(Cl)cc1. The first-order valence-electron chi connectivity index (χ1n) is 4.73. The number of para-hydroxylation sites is 1. The van der Waals surface area contributed by atoms with E-state index in [9.17, 15) is 4.39 Å². The topological polar surface area (TPSA) is 38.0 Å². The summed E-state index contributed by atoms with van der Waals surface area (Å²) >= 11 is 5.75. The quantitative estimate of drug-likeness (QED) is 0.779. The number of nitrogen functional groups attached to an aromatic ring is 1. The van der Waals surface area contributed by atoms with Crippen molar-refractivity contribution in [3.8, 4) is 0 Å². The first kappa shape index (κ1) is 10.8. The molecule has 0 saturated heterocycles. The Morgan fingerprint density at radius 2 is 1.75 bits per heavy atom. The van der Waals surface area contributed by atoms with Gasteiger partial charge in [-0.2, -0.15) is 0 Å². The van der Waals surface area contributed by atoms with E-state index in [1.165, 1.54) is 6.07 Å². The number of halogens is 2. The molecule has 0 atom stereocenters. The fraction of sp³-hybridized carbons (Fsp3) is 0. The van der Waals surface area contributed by atoms with Gasteiger partial charge in [0, 0.05) is 10.7 Å². The van der Waals surface area contributed by atoms with Crippen molar-refractivity contribution < 1.29 is 4.39 Å². The smallest absolute Gasteiger partial charge is 0.148 e. The number of hydrogen-bond donors (Lipinski definition) is 2. The minimum absolute atomic E-state index is 0.282. The van der Waals surface area contributed by atoms with Gasteiger partial charge in [0.2, 0.25) is 0 Å². The summed E-state index contributed by atoms with van der Waals surface area (Å²) in [4.78, 5) is 0. The zero-order valence-electron chi connectivity index (χ0n) is 8.37. The van der Waals surface area contributed by atoms with Crippen molar-refractivity contribution in [1.82, 2.24) is 0 Å². The molecule has 0 aliphatic carbocycles. The van der Waals surface area contributed by atoms with Crippen LogP contribution in [0.25, 0.3) is 0 Å². The van der Waals surface area contributed by atoms with Gasteiger partial charge in [0.15, 0.2) is 0 Å². The van der Waals surface area contributed by atoms with Crippen LogP contribution in [0.4, 0.5) is 21.5 Å². The molecule has 0 aromatic heterocycles. The van der Waals surface area contributed by atoms with Crippen LogP contribution in [-0.4, -0.2) is 0 Å². The van der Waals surface area contributed by atoms with Crippen LogP contribution in [-0.2, 0) is 0 Å². The maximum Gasteiger partial charge on any atom is 0.148 e. The van der Waals surface area contributed by atoms with Gasteiger partial charge in [0.25, 0.3) is 0 Å². The van der Waals surface area contributed by atoms with Crippen molar-refractivity contribution in [3.05, 3.63) is 53.3 Å². The maximum atomic E-state index is 13.4. The fourth-order valence-electron chi connectivity index (χ4n) is 1.35. The summed E-state index contributed by atoms with van der Waals surface area (Å²) in [7, 11) is 0. The second-order valence-corrected chi connectivity index (χ2v) is 3.77. The summed E-state index contributed by atoms with van der Waals surface area (Å²) in [5.41, 5.74) is 7.06. The summed E-state index contributed by atoms with van der Waals surface area (Å²) in [5, 5.41) is 3.54. The van der Waals surface area contributed by atoms with E-state index in [2.05, 4.69) is 5.32 Å². The first-order valence-corrected chi connectivity index (χ1v) is 5.11. The Morgan fingerprint density at radius 3 is 2.38 bits per heavy atom. The average molecular weight is 237 g/mol. The van der Waals surface area contributed by atoms with Crippen LogP contribution < -0.4 is 11.1 Å². The van der Waals surface area contributed by atoms with Crippen molar-refractivity contribution in [3.63, 3.8) is 0 Å². The van der Waals surface area contributed by atoms with Gasteiger partial charge in [-0.15, -0.1) is 0 Å². The summed E-state index contributed by atoms with van der Waals surface area (Å²) in [5.74, 6) is -0.380. The highest BCUT2D eigenvalue weighted by molar-refractivity contribution is 6.30. The van der Waals surface area contributed by atoms with Gasteiger partial charge in [-0.1, -0.05) is 17.7 Å². The molecule has 0 unspecified atom stereocenters. The molecule has 0 amide bonds. The van der Waals surface area contributed by atoms with Gasteiger partial charge < -0.3 is 11.1 Å². The fourth-order valence-corrected chi connectivity index (χ4v) is 1.48. The highest BCUT2D eigenvalue weighted by atomic mass is 35.5. The molecule has 0 fully saturated rings. The highest BCUT2D eigenvalue weighted by Gasteiger charge is 2.05. The maximum absolute atomic E-state index is 13.4. The Balaban J connectivity index is 2.30. The van der Waals surface area contributed by atoms with Gasteiger partial charge in [0.05, 0.1) is 11.4 Å². The monoisotopic (exact) mass is 236 g/mol. The molecule has 0 spiro atoms. The molecule has 0 aliphatic heterocycles. The Hall–Kier alpha value is -1.74. The van der Waals surface area contributed by atoms with E-state index in [0.29, 0.717) is 10.7 Å². The minimum atomic E-state index is -0.380. The molecule has 16 heavy (non-hydrogen) atoms. The normalized spacial score (nSPS) is 10.1. The first-order chi connectivity index (χ1) is 7.66. The van der Waals surface area contributed by atoms with E-state index >= 15 is 0 Å². The summed E-state index contributed by atoms with van der Waals surface area (Å²) in [6, 6.07) is 11.5. The number of benzene rings is 2. The Bertz CT molecular complexity index is 477. The van der Waals surface area contributed by atoms with Crippen molar-refractivity contribution >= 4 is 28.7 Å². The number of rotatable bonds is 2. The van der Waals surface area contributed by atoms with Gasteiger partial charge in [-0.3, -0.25) is 0 Å². The van der Waals surface area contributed by atoms with E-state index in [1.807, 2.05) is 0 Å². The molecule has 2 aromatic rings. The van der Waals surface area contributed by atoms with Crippen LogP contribution in [0.15, 0.2) is 42.5 Å². The van der Waals surface area contributed by atoms with Gasteiger partial charge in [-0.05, 0) is 36.4 Å². The number of nitrogens with two attached hydrogens (primary N) is 1. The number of anilines is 3. The molecule has 2 aromatic carbocycles. The molecule has 0 saturated carbocycles. The van der Waals surface area contributed by atoms with Crippen molar-refractivity contribution in [2.45, 2.75) is 0 Å². The van der Waals surface area contributed by atoms with Crippen molar-refractivity contribution in [1.29, 1.82) is 0 Å². The molecular weight excluding hydrogens is 227 g/mol. The van der Waals surface area contributed by atoms with Gasteiger partial charge in [-0.25, -0.2) is 4.39 Å². The molecule has 2 rings (SSSR count). The van der Waals surface area contributed by atoms with Crippen LogP contribution in [0, 0.1) is 5.82 Å². The van der Waals surface area contributed by atoms with Crippen LogP contribution in [0.5, 0.6) is 0 Å². The Labute approximate surface area is 97.8 Å². The summed E-state index contributed by atoms with van der Waals surface area (Å²) in [6.45, 7) is 0. The number of hydrogen-bond acceptors (Lipinski definition) is 2. The van der Waals surface area contributed by atoms with Crippen LogP contribution in [0.3, 0.4) is 0 Å². The van der Waals surface area contributed by atoms with E-state index in [-0.39, 0.29) is 11.5 Å². The molecule has 0 aliphatic rings. The zero-order chi connectivity index (χ0) is 11.5. The van der Waals surface area contributed by atoms with Crippen molar-refractivity contribution in [2.24, 2.45) is 0 Å². The minimum Gasteiger partial charge on any atom is -0.397 e. The molecule has 0 radical (unpaired) electrons. The zero-order valence-corrected chi connectivity index (χ0v) is 9.13. The predicted octanol–water partition coefficient (Wildman–Crippen LogP) is 3.80. The lowest BCUT2D eigenvalue weighted by Crippen LogP contribution is -1.98. The third-order valence-corrected chi connectivity index (χ3v) is 2.41. The lowest BCUT2D eigenvalue weighted by molar-refractivity contribution is 0.632. The molecule has 4 heteroatoms. The average Bonchev–Trinajstić information content (AvgIpc) is 2.26. The second kappa shape index (κ2) is 4.41. The molecule has 2 nitrogen and oxygen atoms in total. The second-order valence-electron chi connectivity index (χ2n) is 3.34. The van der Waals surface area contributed by atoms with E-state index in [4.69, 9.17) is 17.3 Å². The highest BCUT2D eigenvalue weighted by Crippen LogP contribution is 2.26. The Kier molecular flexibility index (Phi) is 2.97. The molecular formula is C12H10ClFN2. The lowest BCUT2D eigenvalue weighted by atomic mass is 10.2. The predicted molar refractivity (Wildman–Crippen MR) is 65.5 cm³/mol.